The third kappa shape index (κ3) is 3.18. The Bertz CT molecular complexity index is 125. The monoisotopic (exact) mass is 158 g/mol. The first-order valence-electron chi connectivity index (χ1n) is 4.18. The second-order valence-corrected chi connectivity index (χ2v) is 4.19. The lowest BCUT2D eigenvalue weighted by Crippen LogP contribution is -2.51. The van der Waals surface area contributed by atoms with Gasteiger partial charge in [-0.15, -0.1) is 0 Å². The minimum absolute atomic E-state index is 0.0756. The molecule has 0 amide bonds. The van der Waals surface area contributed by atoms with Crippen LogP contribution in [0, 0.1) is 0 Å². The number of rotatable bonds is 3. The van der Waals surface area contributed by atoms with E-state index in [0.29, 0.717) is 6.04 Å². The van der Waals surface area contributed by atoms with Crippen molar-refractivity contribution in [2.45, 2.75) is 44.4 Å². The highest BCUT2D eigenvalue weighted by Crippen LogP contribution is 2.19. The van der Waals surface area contributed by atoms with Crippen LogP contribution in [0.15, 0.2) is 0 Å². The third-order valence-electron chi connectivity index (χ3n) is 1.96. The van der Waals surface area contributed by atoms with Crippen molar-refractivity contribution in [3.8, 4) is 0 Å². The number of nitrogens with two attached hydrogens (primary N) is 1. The van der Waals surface area contributed by atoms with Crippen LogP contribution in [0.4, 0.5) is 0 Å². The standard InChI is InChI=1S/C8H18N2O/c1-8(2,9)5-10-6-3-7(11)4-6/h6-7,10-11H,3-5,9H2,1-2H3. The Morgan fingerprint density at radius 3 is 2.45 bits per heavy atom. The van der Waals surface area contributed by atoms with Crippen LogP contribution in [0.5, 0.6) is 0 Å². The molecular formula is C8H18N2O. The summed E-state index contributed by atoms with van der Waals surface area (Å²) in [4.78, 5) is 0. The molecule has 66 valence electrons. The summed E-state index contributed by atoms with van der Waals surface area (Å²) in [5.41, 5.74) is 5.63. The molecule has 0 aliphatic heterocycles. The third-order valence-corrected chi connectivity index (χ3v) is 1.96. The van der Waals surface area contributed by atoms with Crippen molar-refractivity contribution >= 4 is 0 Å². The second kappa shape index (κ2) is 3.09. The second-order valence-electron chi connectivity index (χ2n) is 4.19. The molecule has 3 nitrogen and oxygen atoms in total. The van der Waals surface area contributed by atoms with E-state index in [1.54, 1.807) is 0 Å². The van der Waals surface area contributed by atoms with Crippen LogP contribution in [0.25, 0.3) is 0 Å². The fourth-order valence-electron chi connectivity index (χ4n) is 1.16. The molecule has 0 aromatic rings. The van der Waals surface area contributed by atoms with Crippen LogP contribution in [0.2, 0.25) is 0 Å². The summed E-state index contributed by atoms with van der Waals surface area (Å²) in [6, 6.07) is 0.493. The van der Waals surface area contributed by atoms with Crippen molar-refractivity contribution in [1.82, 2.24) is 5.32 Å². The molecule has 0 unspecified atom stereocenters. The van der Waals surface area contributed by atoms with Gasteiger partial charge in [0.15, 0.2) is 0 Å². The van der Waals surface area contributed by atoms with E-state index in [4.69, 9.17) is 10.8 Å². The number of hydrogen-bond donors (Lipinski definition) is 3. The molecule has 0 atom stereocenters. The maximum absolute atomic E-state index is 8.98. The van der Waals surface area contributed by atoms with Gasteiger partial charge in [0.1, 0.15) is 0 Å². The molecule has 1 fully saturated rings. The van der Waals surface area contributed by atoms with Gasteiger partial charge in [-0.3, -0.25) is 0 Å². The summed E-state index contributed by atoms with van der Waals surface area (Å²) in [5.74, 6) is 0. The van der Waals surface area contributed by atoms with Gasteiger partial charge in [0.2, 0.25) is 0 Å². The van der Waals surface area contributed by atoms with E-state index in [9.17, 15) is 0 Å². The molecule has 0 spiro atoms. The van der Waals surface area contributed by atoms with Gasteiger partial charge in [0.05, 0.1) is 6.10 Å². The SMILES string of the molecule is CC(C)(N)CNC1CC(O)C1. The van der Waals surface area contributed by atoms with Gasteiger partial charge in [-0.1, -0.05) is 0 Å². The minimum atomic E-state index is -0.138. The molecule has 0 heterocycles. The Kier molecular flexibility index (Phi) is 2.52. The van der Waals surface area contributed by atoms with Crippen molar-refractivity contribution < 1.29 is 5.11 Å². The zero-order valence-electron chi connectivity index (χ0n) is 7.30. The smallest absolute Gasteiger partial charge is 0.0570 e. The molecule has 0 bridgehead atoms. The van der Waals surface area contributed by atoms with Crippen LogP contribution in [0.3, 0.4) is 0 Å². The summed E-state index contributed by atoms with van der Waals surface area (Å²) < 4.78 is 0. The highest BCUT2D eigenvalue weighted by Gasteiger charge is 2.27. The summed E-state index contributed by atoms with van der Waals surface area (Å²) in [7, 11) is 0. The summed E-state index contributed by atoms with van der Waals surface area (Å²) in [6.07, 6.45) is 1.69. The van der Waals surface area contributed by atoms with Gasteiger partial charge >= 0.3 is 0 Å². The molecule has 0 saturated heterocycles. The van der Waals surface area contributed by atoms with Crippen molar-refractivity contribution in [2.24, 2.45) is 5.73 Å². The van der Waals surface area contributed by atoms with Crippen LogP contribution in [0.1, 0.15) is 26.7 Å². The van der Waals surface area contributed by atoms with E-state index in [0.717, 1.165) is 19.4 Å². The molecule has 1 aliphatic carbocycles. The normalized spacial score (nSPS) is 31.6. The van der Waals surface area contributed by atoms with Crippen molar-refractivity contribution in [3.63, 3.8) is 0 Å². The molecule has 1 rings (SSSR count). The molecule has 4 N–H and O–H groups in total. The van der Waals surface area contributed by atoms with Gasteiger partial charge in [0, 0.05) is 18.1 Å². The maximum atomic E-state index is 8.98. The first kappa shape index (κ1) is 8.97. The highest BCUT2D eigenvalue weighted by atomic mass is 16.3. The van der Waals surface area contributed by atoms with E-state index < -0.39 is 0 Å². The van der Waals surface area contributed by atoms with Crippen LogP contribution >= 0.6 is 0 Å². The number of aliphatic hydroxyl groups is 1. The highest BCUT2D eigenvalue weighted by molar-refractivity contribution is 4.87. The fraction of sp³-hybridized carbons (Fsp3) is 1.00. The lowest BCUT2D eigenvalue weighted by atomic mass is 9.89. The summed E-state index contributed by atoms with van der Waals surface area (Å²) >= 11 is 0. The van der Waals surface area contributed by atoms with Crippen molar-refractivity contribution in [2.75, 3.05) is 6.54 Å². The number of aliphatic hydroxyl groups excluding tert-OH is 1. The quantitative estimate of drug-likeness (QED) is 0.535. The first-order chi connectivity index (χ1) is 4.97. The Morgan fingerprint density at radius 2 is 2.09 bits per heavy atom. The lowest BCUT2D eigenvalue weighted by Gasteiger charge is -2.34. The number of hydrogen-bond acceptors (Lipinski definition) is 3. The molecular weight excluding hydrogens is 140 g/mol. The van der Waals surface area contributed by atoms with E-state index >= 15 is 0 Å². The average molecular weight is 158 g/mol. The van der Waals surface area contributed by atoms with Gasteiger partial charge in [-0.25, -0.2) is 0 Å². The van der Waals surface area contributed by atoms with Crippen molar-refractivity contribution in [3.05, 3.63) is 0 Å². The van der Waals surface area contributed by atoms with Crippen LogP contribution in [-0.2, 0) is 0 Å². The Morgan fingerprint density at radius 1 is 1.55 bits per heavy atom. The Balaban J connectivity index is 2.05. The van der Waals surface area contributed by atoms with E-state index in [1.807, 2.05) is 13.8 Å². The van der Waals surface area contributed by atoms with Crippen LogP contribution < -0.4 is 11.1 Å². The predicted octanol–water partition coefficient (Wildman–Crippen LogP) is -0.163. The topological polar surface area (TPSA) is 58.3 Å². The molecule has 11 heavy (non-hydrogen) atoms. The van der Waals surface area contributed by atoms with E-state index in [1.165, 1.54) is 0 Å². The Hall–Kier alpha value is -0.120. The molecule has 0 aromatic carbocycles. The molecule has 0 radical (unpaired) electrons. The van der Waals surface area contributed by atoms with Crippen LogP contribution in [-0.4, -0.2) is 29.3 Å². The van der Waals surface area contributed by atoms with Gasteiger partial charge in [-0.05, 0) is 26.7 Å². The molecule has 3 heteroatoms. The minimum Gasteiger partial charge on any atom is -0.393 e. The lowest BCUT2D eigenvalue weighted by molar-refractivity contribution is 0.0608. The van der Waals surface area contributed by atoms with E-state index in [-0.39, 0.29) is 11.6 Å². The van der Waals surface area contributed by atoms with Gasteiger partial charge < -0.3 is 16.2 Å². The van der Waals surface area contributed by atoms with Crippen molar-refractivity contribution in [1.29, 1.82) is 0 Å². The number of nitrogens with one attached hydrogen (secondary N) is 1. The van der Waals surface area contributed by atoms with Gasteiger partial charge in [-0.2, -0.15) is 0 Å². The van der Waals surface area contributed by atoms with E-state index in [2.05, 4.69) is 5.32 Å². The molecule has 1 aliphatic rings. The summed E-state index contributed by atoms with van der Waals surface area (Å²) in [6.45, 7) is 4.81. The first-order valence-corrected chi connectivity index (χ1v) is 4.18. The molecule has 0 aromatic heterocycles. The fourth-order valence-corrected chi connectivity index (χ4v) is 1.16. The molecule has 1 saturated carbocycles. The maximum Gasteiger partial charge on any atom is 0.0570 e. The zero-order valence-corrected chi connectivity index (χ0v) is 7.30. The largest absolute Gasteiger partial charge is 0.393 e. The summed E-state index contributed by atoms with van der Waals surface area (Å²) in [5, 5.41) is 12.3. The predicted molar refractivity (Wildman–Crippen MR) is 45.3 cm³/mol. The average Bonchev–Trinajstić information content (AvgIpc) is 1.75. The Labute approximate surface area is 68.0 Å². The van der Waals surface area contributed by atoms with Gasteiger partial charge in [0.25, 0.3) is 0 Å². The zero-order chi connectivity index (χ0) is 8.48.